The zero-order valence-electron chi connectivity index (χ0n) is 7.90. The molecule has 2 saturated carbocycles. The molecule has 3 rings (SSSR count). The van der Waals surface area contributed by atoms with Crippen LogP contribution in [0.4, 0.5) is 11.8 Å². The van der Waals surface area contributed by atoms with Crippen molar-refractivity contribution in [2.24, 2.45) is 0 Å². The third-order valence-electron chi connectivity index (χ3n) is 2.40. The normalized spacial score (nSPS) is 20.6. The summed E-state index contributed by atoms with van der Waals surface area (Å²) >= 11 is 0. The van der Waals surface area contributed by atoms with Crippen LogP contribution in [0.15, 0.2) is 6.20 Å². The van der Waals surface area contributed by atoms with Gasteiger partial charge in [0.2, 0.25) is 5.95 Å². The fourth-order valence-electron chi connectivity index (χ4n) is 1.28. The maximum absolute atomic E-state index is 4.34. The van der Waals surface area contributed by atoms with E-state index >= 15 is 0 Å². The quantitative estimate of drug-likeness (QED) is 0.744. The number of nitrogens with zero attached hydrogens (tertiary/aromatic N) is 3. The van der Waals surface area contributed by atoms with Crippen LogP contribution in [0.25, 0.3) is 0 Å². The summed E-state index contributed by atoms with van der Waals surface area (Å²) in [6, 6.07) is 1.19. The Hall–Kier alpha value is -1.39. The molecule has 2 fully saturated rings. The van der Waals surface area contributed by atoms with Crippen LogP contribution in [0, 0.1) is 0 Å². The number of nitrogens with one attached hydrogen (secondary N) is 2. The molecule has 2 aliphatic carbocycles. The largest absolute Gasteiger partial charge is 0.366 e. The predicted molar refractivity (Wildman–Crippen MR) is 53.1 cm³/mol. The van der Waals surface area contributed by atoms with Crippen LogP contribution in [0.5, 0.6) is 0 Å². The lowest BCUT2D eigenvalue weighted by Gasteiger charge is -2.04. The smallest absolute Gasteiger partial charge is 0.244 e. The van der Waals surface area contributed by atoms with Gasteiger partial charge in [-0.1, -0.05) is 0 Å². The Morgan fingerprint density at radius 2 is 1.79 bits per heavy atom. The Morgan fingerprint density at radius 1 is 1.07 bits per heavy atom. The summed E-state index contributed by atoms with van der Waals surface area (Å²) in [6.07, 6.45) is 6.62. The monoisotopic (exact) mass is 191 g/mol. The van der Waals surface area contributed by atoms with Crippen LogP contribution in [-0.2, 0) is 0 Å². The first-order valence-electron chi connectivity index (χ1n) is 5.13. The Labute approximate surface area is 82.3 Å². The van der Waals surface area contributed by atoms with Gasteiger partial charge in [-0.3, -0.25) is 0 Å². The summed E-state index contributed by atoms with van der Waals surface area (Å²) in [6.45, 7) is 0. The number of anilines is 2. The lowest BCUT2D eigenvalue weighted by molar-refractivity contribution is 0.936. The van der Waals surface area contributed by atoms with E-state index in [0.29, 0.717) is 18.0 Å². The van der Waals surface area contributed by atoms with E-state index in [2.05, 4.69) is 25.8 Å². The van der Waals surface area contributed by atoms with Gasteiger partial charge in [0.1, 0.15) is 0 Å². The van der Waals surface area contributed by atoms with Crippen LogP contribution < -0.4 is 10.6 Å². The molecular formula is C9H13N5. The zero-order valence-corrected chi connectivity index (χ0v) is 7.90. The van der Waals surface area contributed by atoms with Gasteiger partial charge in [0.05, 0.1) is 6.20 Å². The third kappa shape index (κ3) is 1.92. The van der Waals surface area contributed by atoms with Gasteiger partial charge in [0.15, 0.2) is 5.82 Å². The van der Waals surface area contributed by atoms with Crippen molar-refractivity contribution < 1.29 is 0 Å². The number of aromatic nitrogens is 3. The molecule has 2 aliphatic rings. The molecule has 1 aromatic rings. The van der Waals surface area contributed by atoms with Crippen molar-refractivity contribution in [1.29, 1.82) is 0 Å². The fraction of sp³-hybridized carbons (Fsp3) is 0.667. The maximum atomic E-state index is 4.34. The average Bonchev–Trinajstić information content (AvgIpc) is 3.00. The minimum Gasteiger partial charge on any atom is -0.366 e. The van der Waals surface area contributed by atoms with Crippen molar-refractivity contribution in [3.63, 3.8) is 0 Å². The Morgan fingerprint density at radius 3 is 2.50 bits per heavy atom. The molecule has 0 spiro atoms. The van der Waals surface area contributed by atoms with Crippen molar-refractivity contribution in [2.75, 3.05) is 10.6 Å². The average molecular weight is 191 g/mol. The van der Waals surface area contributed by atoms with Gasteiger partial charge in [-0.2, -0.15) is 10.1 Å². The van der Waals surface area contributed by atoms with Crippen LogP contribution in [0.3, 0.4) is 0 Å². The predicted octanol–water partition coefficient (Wildman–Crippen LogP) is 1.02. The van der Waals surface area contributed by atoms with Crippen molar-refractivity contribution in [2.45, 2.75) is 37.8 Å². The summed E-state index contributed by atoms with van der Waals surface area (Å²) in [4.78, 5) is 4.34. The molecule has 14 heavy (non-hydrogen) atoms. The molecule has 0 aliphatic heterocycles. The van der Waals surface area contributed by atoms with E-state index in [0.717, 1.165) is 5.82 Å². The van der Waals surface area contributed by atoms with Gasteiger partial charge in [0.25, 0.3) is 0 Å². The first-order chi connectivity index (χ1) is 6.90. The highest BCUT2D eigenvalue weighted by Crippen LogP contribution is 2.25. The molecule has 0 amide bonds. The summed E-state index contributed by atoms with van der Waals surface area (Å²) in [7, 11) is 0. The van der Waals surface area contributed by atoms with Crippen LogP contribution in [0.1, 0.15) is 25.7 Å². The standard InChI is InChI=1S/C9H13N5/c1-2-6(1)11-8-5-10-14-9(13-8)12-7-3-4-7/h5-7H,1-4H2,(H2,11,12,13,14). The third-order valence-corrected chi connectivity index (χ3v) is 2.40. The second-order valence-corrected chi connectivity index (χ2v) is 4.00. The minimum atomic E-state index is 0.577. The van der Waals surface area contributed by atoms with Crippen molar-refractivity contribution >= 4 is 11.8 Å². The van der Waals surface area contributed by atoms with Gasteiger partial charge in [0, 0.05) is 12.1 Å². The van der Waals surface area contributed by atoms with Crippen LogP contribution >= 0.6 is 0 Å². The van der Waals surface area contributed by atoms with E-state index in [9.17, 15) is 0 Å². The fourth-order valence-corrected chi connectivity index (χ4v) is 1.28. The number of rotatable bonds is 4. The van der Waals surface area contributed by atoms with Gasteiger partial charge < -0.3 is 10.6 Å². The summed E-state index contributed by atoms with van der Waals surface area (Å²) in [5, 5.41) is 14.4. The molecule has 0 bridgehead atoms. The Balaban J connectivity index is 1.68. The van der Waals surface area contributed by atoms with E-state index in [4.69, 9.17) is 0 Å². The molecule has 2 N–H and O–H groups in total. The molecule has 0 unspecified atom stereocenters. The van der Waals surface area contributed by atoms with E-state index < -0.39 is 0 Å². The second-order valence-electron chi connectivity index (χ2n) is 4.00. The number of hydrogen-bond donors (Lipinski definition) is 2. The first-order valence-corrected chi connectivity index (χ1v) is 5.13. The van der Waals surface area contributed by atoms with Crippen molar-refractivity contribution in [3.8, 4) is 0 Å². The highest BCUT2D eigenvalue weighted by atomic mass is 15.3. The molecule has 0 saturated heterocycles. The summed E-state index contributed by atoms with van der Waals surface area (Å²) in [5.41, 5.74) is 0. The first kappa shape index (κ1) is 7.96. The topological polar surface area (TPSA) is 62.7 Å². The van der Waals surface area contributed by atoms with Crippen LogP contribution in [0.2, 0.25) is 0 Å². The Kier molecular flexibility index (Phi) is 1.75. The molecule has 1 aromatic heterocycles. The molecule has 5 nitrogen and oxygen atoms in total. The van der Waals surface area contributed by atoms with E-state index in [1.54, 1.807) is 6.20 Å². The van der Waals surface area contributed by atoms with Gasteiger partial charge >= 0.3 is 0 Å². The maximum Gasteiger partial charge on any atom is 0.244 e. The van der Waals surface area contributed by atoms with Gasteiger partial charge in [-0.05, 0) is 25.7 Å². The SMILES string of the molecule is c1nnc(NC2CC2)nc1NC1CC1. The second kappa shape index (κ2) is 3.08. The van der Waals surface area contributed by atoms with E-state index in [1.807, 2.05) is 0 Å². The number of hydrogen-bond acceptors (Lipinski definition) is 5. The lowest BCUT2D eigenvalue weighted by atomic mass is 10.6. The van der Waals surface area contributed by atoms with Gasteiger partial charge in [-0.25, -0.2) is 0 Å². The minimum absolute atomic E-state index is 0.577. The van der Waals surface area contributed by atoms with Gasteiger partial charge in [-0.15, -0.1) is 5.10 Å². The Bertz CT molecular complexity index is 302. The van der Waals surface area contributed by atoms with Crippen molar-refractivity contribution in [3.05, 3.63) is 6.20 Å². The zero-order chi connectivity index (χ0) is 9.38. The lowest BCUT2D eigenvalue weighted by Crippen LogP contribution is -2.10. The molecule has 0 atom stereocenters. The van der Waals surface area contributed by atoms with Crippen LogP contribution in [-0.4, -0.2) is 27.3 Å². The molecule has 5 heteroatoms. The van der Waals surface area contributed by atoms with E-state index in [-0.39, 0.29) is 0 Å². The van der Waals surface area contributed by atoms with E-state index in [1.165, 1.54) is 25.7 Å². The molecule has 0 radical (unpaired) electrons. The summed E-state index contributed by atoms with van der Waals surface area (Å²) in [5.74, 6) is 1.49. The van der Waals surface area contributed by atoms with Crippen molar-refractivity contribution in [1.82, 2.24) is 15.2 Å². The molecule has 1 heterocycles. The summed E-state index contributed by atoms with van der Waals surface area (Å²) < 4.78 is 0. The molecular weight excluding hydrogens is 178 g/mol. The highest BCUT2D eigenvalue weighted by Gasteiger charge is 2.23. The highest BCUT2D eigenvalue weighted by molar-refractivity contribution is 5.39. The molecule has 0 aromatic carbocycles. The molecule has 74 valence electrons.